The predicted molar refractivity (Wildman–Crippen MR) is 74.7 cm³/mol. The number of fused-ring (bicyclic) bond motifs is 1. The number of carbonyl (C=O) groups excluding carboxylic acids is 1. The Morgan fingerprint density at radius 2 is 2.11 bits per heavy atom. The SMILES string of the molecule is O=C(Nc1ccccc1)C1=CSC2=CC=CCN21. The zero-order chi connectivity index (χ0) is 12.4. The van der Waals surface area contributed by atoms with Crippen LogP contribution in [-0.4, -0.2) is 17.4 Å². The van der Waals surface area contributed by atoms with Crippen molar-refractivity contribution in [2.24, 2.45) is 0 Å². The van der Waals surface area contributed by atoms with Crippen LogP contribution in [0.15, 0.2) is 64.7 Å². The summed E-state index contributed by atoms with van der Waals surface area (Å²) in [6.07, 6.45) is 6.08. The molecule has 0 fully saturated rings. The molecule has 90 valence electrons. The lowest BCUT2D eigenvalue weighted by Gasteiger charge is -2.22. The molecule has 0 aliphatic carbocycles. The Balaban J connectivity index is 1.75. The van der Waals surface area contributed by atoms with Crippen LogP contribution in [0.25, 0.3) is 0 Å². The van der Waals surface area contributed by atoms with Gasteiger partial charge in [0.2, 0.25) is 0 Å². The second kappa shape index (κ2) is 4.74. The summed E-state index contributed by atoms with van der Waals surface area (Å²) in [5.41, 5.74) is 1.53. The largest absolute Gasteiger partial charge is 0.327 e. The van der Waals surface area contributed by atoms with Gasteiger partial charge in [-0.25, -0.2) is 0 Å². The molecule has 0 bridgehead atoms. The van der Waals surface area contributed by atoms with Crippen molar-refractivity contribution >= 4 is 23.4 Å². The maximum absolute atomic E-state index is 12.2. The zero-order valence-electron chi connectivity index (χ0n) is 9.67. The highest BCUT2D eigenvalue weighted by molar-refractivity contribution is 8.06. The summed E-state index contributed by atoms with van der Waals surface area (Å²) < 4.78 is 0. The average Bonchev–Trinajstić information content (AvgIpc) is 2.84. The van der Waals surface area contributed by atoms with E-state index in [1.165, 1.54) is 0 Å². The van der Waals surface area contributed by atoms with Crippen LogP contribution in [0.2, 0.25) is 0 Å². The minimum absolute atomic E-state index is 0.0626. The van der Waals surface area contributed by atoms with Crippen LogP contribution in [0, 0.1) is 0 Å². The highest BCUT2D eigenvalue weighted by Crippen LogP contribution is 2.36. The summed E-state index contributed by atoms with van der Waals surface area (Å²) in [5, 5.41) is 5.91. The number of hydrogen-bond acceptors (Lipinski definition) is 3. The zero-order valence-corrected chi connectivity index (χ0v) is 10.5. The van der Waals surface area contributed by atoms with Crippen LogP contribution in [0.3, 0.4) is 0 Å². The number of nitrogens with one attached hydrogen (secondary N) is 1. The molecular formula is C14H12N2OS. The number of para-hydroxylation sites is 1. The van der Waals surface area contributed by atoms with Crippen molar-refractivity contribution in [2.75, 3.05) is 11.9 Å². The Morgan fingerprint density at radius 3 is 2.94 bits per heavy atom. The van der Waals surface area contributed by atoms with E-state index in [4.69, 9.17) is 0 Å². The second-order valence-corrected chi connectivity index (χ2v) is 4.87. The molecule has 3 rings (SSSR count). The summed E-state index contributed by atoms with van der Waals surface area (Å²) in [6.45, 7) is 0.757. The summed E-state index contributed by atoms with van der Waals surface area (Å²) in [5.74, 6) is -0.0626. The summed E-state index contributed by atoms with van der Waals surface area (Å²) in [4.78, 5) is 14.2. The third kappa shape index (κ3) is 2.07. The molecular weight excluding hydrogens is 244 g/mol. The number of benzene rings is 1. The van der Waals surface area contributed by atoms with Crippen molar-refractivity contribution in [3.63, 3.8) is 0 Å². The summed E-state index contributed by atoms with van der Waals surface area (Å²) in [6, 6.07) is 9.50. The van der Waals surface area contributed by atoms with Gasteiger partial charge in [-0.05, 0) is 18.2 Å². The van der Waals surface area contributed by atoms with Crippen molar-refractivity contribution in [2.45, 2.75) is 0 Å². The average molecular weight is 256 g/mol. The highest BCUT2D eigenvalue weighted by Gasteiger charge is 2.26. The first-order valence-electron chi connectivity index (χ1n) is 5.72. The predicted octanol–water partition coefficient (Wildman–Crippen LogP) is 2.93. The van der Waals surface area contributed by atoms with Gasteiger partial charge in [0.25, 0.3) is 5.91 Å². The lowest BCUT2D eigenvalue weighted by molar-refractivity contribution is -0.113. The van der Waals surface area contributed by atoms with Crippen molar-refractivity contribution in [1.29, 1.82) is 0 Å². The molecule has 2 aliphatic heterocycles. The van der Waals surface area contributed by atoms with E-state index in [1.54, 1.807) is 11.8 Å². The van der Waals surface area contributed by atoms with Crippen LogP contribution >= 0.6 is 11.8 Å². The number of hydrogen-bond donors (Lipinski definition) is 1. The molecule has 1 N–H and O–H groups in total. The number of anilines is 1. The van der Waals surface area contributed by atoms with Crippen LogP contribution in [0.4, 0.5) is 5.69 Å². The minimum Gasteiger partial charge on any atom is -0.327 e. The fourth-order valence-electron chi connectivity index (χ4n) is 1.89. The van der Waals surface area contributed by atoms with Crippen molar-refractivity contribution in [1.82, 2.24) is 4.90 Å². The Morgan fingerprint density at radius 1 is 1.28 bits per heavy atom. The van der Waals surface area contributed by atoms with Gasteiger partial charge in [-0.15, -0.1) is 0 Å². The van der Waals surface area contributed by atoms with Crippen LogP contribution in [-0.2, 0) is 4.79 Å². The lowest BCUT2D eigenvalue weighted by atomic mass is 10.3. The number of amides is 1. The molecule has 2 heterocycles. The van der Waals surface area contributed by atoms with E-state index < -0.39 is 0 Å². The second-order valence-electron chi connectivity index (χ2n) is 3.98. The van der Waals surface area contributed by atoms with Gasteiger partial charge in [0.05, 0.1) is 5.03 Å². The van der Waals surface area contributed by atoms with Gasteiger partial charge in [-0.3, -0.25) is 4.79 Å². The van der Waals surface area contributed by atoms with Gasteiger partial charge >= 0.3 is 0 Å². The molecule has 0 unspecified atom stereocenters. The van der Waals surface area contributed by atoms with E-state index in [9.17, 15) is 4.79 Å². The summed E-state index contributed by atoms with van der Waals surface area (Å²) >= 11 is 1.59. The van der Waals surface area contributed by atoms with Gasteiger partial charge in [0.15, 0.2) is 0 Å². The molecule has 1 aromatic carbocycles. The summed E-state index contributed by atoms with van der Waals surface area (Å²) in [7, 11) is 0. The van der Waals surface area contributed by atoms with Crippen molar-refractivity contribution in [3.05, 3.63) is 64.7 Å². The molecule has 0 aromatic heterocycles. The van der Waals surface area contributed by atoms with E-state index in [1.807, 2.05) is 58.9 Å². The number of thioether (sulfide) groups is 1. The maximum Gasteiger partial charge on any atom is 0.272 e. The van der Waals surface area contributed by atoms with E-state index in [2.05, 4.69) is 5.32 Å². The molecule has 1 amide bonds. The van der Waals surface area contributed by atoms with Gasteiger partial charge in [-0.1, -0.05) is 42.1 Å². The Bertz CT molecular complexity index is 560. The normalized spacial score (nSPS) is 17.0. The first-order valence-corrected chi connectivity index (χ1v) is 6.60. The van der Waals surface area contributed by atoms with E-state index >= 15 is 0 Å². The molecule has 0 saturated carbocycles. The smallest absolute Gasteiger partial charge is 0.272 e. The van der Waals surface area contributed by atoms with Crippen LogP contribution in [0.1, 0.15) is 0 Å². The van der Waals surface area contributed by atoms with E-state index in [0.717, 1.165) is 17.3 Å². The van der Waals surface area contributed by atoms with Gasteiger partial charge in [-0.2, -0.15) is 0 Å². The molecule has 0 saturated heterocycles. The molecule has 3 nitrogen and oxygen atoms in total. The van der Waals surface area contributed by atoms with Gasteiger partial charge in [0, 0.05) is 17.6 Å². The van der Waals surface area contributed by atoms with Crippen LogP contribution in [0.5, 0.6) is 0 Å². The van der Waals surface area contributed by atoms with Gasteiger partial charge < -0.3 is 10.2 Å². The number of carbonyl (C=O) groups is 1. The molecule has 2 aliphatic rings. The first-order chi connectivity index (χ1) is 8.84. The molecule has 0 spiro atoms. The number of rotatable bonds is 2. The highest BCUT2D eigenvalue weighted by atomic mass is 32.2. The lowest BCUT2D eigenvalue weighted by Crippen LogP contribution is -2.28. The third-order valence-corrected chi connectivity index (χ3v) is 3.71. The fourth-order valence-corrected chi connectivity index (χ4v) is 2.81. The molecule has 0 atom stereocenters. The van der Waals surface area contributed by atoms with Gasteiger partial charge in [0.1, 0.15) is 5.70 Å². The molecule has 4 heteroatoms. The first kappa shape index (κ1) is 11.2. The Hall–Kier alpha value is -1.94. The number of allylic oxidation sites excluding steroid dienone is 2. The maximum atomic E-state index is 12.2. The standard InChI is InChI=1S/C14H12N2OS/c17-14(15-11-6-2-1-3-7-11)12-10-18-13-8-4-5-9-16(12)13/h1-8,10H,9H2,(H,15,17). The van der Waals surface area contributed by atoms with E-state index in [-0.39, 0.29) is 5.91 Å². The Kier molecular flexibility index (Phi) is 2.94. The quantitative estimate of drug-likeness (QED) is 0.883. The molecule has 0 radical (unpaired) electrons. The Labute approximate surface area is 110 Å². The monoisotopic (exact) mass is 256 g/mol. The van der Waals surface area contributed by atoms with Crippen molar-refractivity contribution in [3.8, 4) is 0 Å². The minimum atomic E-state index is -0.0626. The molecule has 1 aromatic rings. The topological polar surface area (TPSA) is 32.3 Å². The number of nitrogens with zero attached hydrogens (tertiary/aromatic N) is 1. The van der Waals surface area contributed by atoms with E-state index in [0.29, 0.717) is 5.70 Å². The van der Waals surface area contributed by atoms with Crippen LogP contribution < -0.4 is 5.32 Å². The van der Waals surface area contributed by atoms with Crippen molar-refractivity contribution < 1.29 is 4.79 Å². The third-order valence-electron chi connectivity index (χ3n) is 2.78. The fraction of sp³-hybridized carbons (Fsp3) is 0.0714. The molecule has 18 heavy (non-hydrogen) atoms.